The number of hydrogen-bond acceptors (Lipinski definition) is 4. The molecule has 0 bridgehead atoms. The van der Waals surface area contributed by atoms with Crippen molar-refractivity contribution in [1.29, 1.82) is 0 Å². The van der Waals surface area contributed by atoms with Crippen molar-refractivity contribution >= 4 is 27.7 Å². The maximum Gasteiger partial charge on any atom is 0.419 e. The number of halogens is 6. The zero-order valence-corrected chi connectivity index (χ0v) is 22.8. The van der Waals surface area contributed by atoms with E-state index >= 15 is 0 Å². The molecule has 0 unspecified atom stereocenters. The number of alkyl halides is 3. The third kappa shape index (κ3) is 6.64. The van der Waals surface area contributed by atoms with E-state index in [9.17, 15) is 35.2 Å². The van der Waals surface area contributed by atoms with Gasteiger partial charge in [0.15, 0.2) is 0 Å². The summed E-state index contributed by atoms with van der Waals surface area (Å²) >= 11 is 5.86. The first-order valence-corrected chi connectivity index (χ1v) is 14.4. The maximum absolute atomic E-state index is 14.3. The van der Waals surface area contributed by atoms with Gasteiger partial charge < -0.3 is 9.80 Å². The average molecular weight is 595 g/mol. The molecule has 0 saturated carbocycles. The lowest BCUT2D eigenvalue weighted by molar-refractivity contribution is -0.140. The van der Waals surface area contributed by atoms with Gasteiger partial charge in [0.05, 0.1) is 16.8 Å². The second-order valence-electron chi connectivity index (χ2n) is 9.91. The highest BCUT2D eigenvalue weighted by Gasteiger charge is 2.41. The lowest BCUT2D eigenvalue weighted by Crippen LogP contribution is -2.53. The summed E-state index contributed by atoms with van der Waals surface area (Å²) in [6, 6.07) is 6.46. The maximum atomic E-state index is 14.3. The van der Waals surface area contributed by atoms with Crippen LogP contribution in [-0.4, -0.2) is 92.1 Å². The Morgan fingerprint density at radius 3 is 2.23 bits per heavy atom. The molecule has 2 fully saturated rings. The minimum absolute atomic E-state index is 0.0569. The molecule has 2 amide bonds. The molecule has 214 valence electrons. The summed E-state index contributed by atoms with van der Waals surface area (Å²) < 4.78 is 92.4. The van der Waals surface area contributed by atoms with Crippen LogP contribution in [0.25, 0.3) is 0 Å². The molecule has 2 aromatic carbocycles. The minimum Gasteiger partial charge on any atom is -0.322 e. The van der Waals surface area contributed by atoms with E-state index in [-0.39, 0.29) is 68.8 Å². The zero-order chi connectivity index (χ0) is 28.7. The summed E-state index contributed by atoms with van der Waals surface area (Å²) in [6.45, 7) is 1.31. The fourth-order valence-electron chi connectivity index (χ4n) is 5.16. The van der Waals surface area contributed by atoms with E-state index in [0.29, 0.717) is 17.2 Å². The Hall–Kier alpha value is -2.48. The van der Waals surface area contributed by atoms with E-state index < -0.39 is 33.4 Å². The van der Waals surface area contributed by atoms with Crippen molar-refractivity contribution in [2.24, 2.45) is 0 Å². The van der Waals surface area contributed by atoms with E-state index in [1.165, 1.54) is 22.5 Å². The van der Waals surface area contributed by atoms with Crippen LogP contribution in [-0.2, 0) is 22.7 Å². The van der Waals surface area contributed by atoms with Crippen LogP contribution in [0.2, 0.25) is 5.02 Å². The van der Waals surface area contributed by atoms with Crippen LogP contribution < -0.4 is 0 Å². The zero-order valence-electron chi connectivity index (χ0n) is 21.3. The predicted molar refractivity (Wildman–Crippen MR) is 136 cm³/mol. The molecular formula is C25H28ClF5N4O3S. The second-order valence-corrected chi connectivity index (χ2v) is 12.3. The first kappa shape index (κ1) is 29.5. The molecule has 2 saturated heterocycles. The molecule has 14 heteroatoms. The Morgan fingerprint density at radius 2 is 1.67 bits per heavy atom. The average Bonchev–Trinajstić information content (AvgIpc) is 3.30. The fraction of sp³-hybridized carbons (Fsp3) is 0.480. The van der Waals surface area contributed by atoms with Gasteiger partial charge >= 0.3 is 12.2 Å². The van der Waals surface area contributed by atoms with Gasteiger partial charge in [0.2, 0.25) is 10.0 Å². The van der Waals surface area contributed by atoms with Gasteiger partial charge in [0, 0.05) is 57.8 Å². The van der Waals surface area contributed by atoms with Crippen LogP contribution in [0.1, 0.15) is 22.6 Å². The van der Waals surface area contributed by atoms with Crippen molar-refractivity contribution in [2.75, 3.05) is 52.6 Å². The van der Waals surface area contributed by atoms with Crippen LogP contribution in [0.15, 0.2) is 36.4 Å². The highest BCUT2D eigenvalue weighted by Crippen LogP contribution is 2.35. The molecule has 0 N–H and O–H groups in total. The predicted octanol–water partition coefficient (Wildman–Crippen LogP) is 4.23. The molecule has 2 aliphatic rings. The molecule has 2 aromatic rings. The van der Waals surface area contributed by atoms with Gasteiger partial charge in [-0.2, -0.15) is 17.5 Å². The van der Waals surface area contributed by atoms with Crippen LogP contribution in [0.4, 0.5) is 26.7 Å². The Morgan fingerprint density at radius 1 is 1.00 bits per heavy atom. The lowest BCUT2D eigenvalue weighted by atomic mass is 9.93. The van der Waals surface area contributed by atoms with Crippen molar-refractivity contribution in [1.82, 2.24) is 19.0 Å². The number of carbonyl (C=O) groups is 1. The van der Waals surface area contributed by atoms with Gasteiger partial charge in [-0.25, -0.2) is 22.0 Å². The van der Waals surface area contributed by atoms with E-state index in [4.69, 9.17) is 11.6 Å². The third-order valence-corrected chi connectivity index (χ3v) is 8.86. The van der Waals surface area contributed by atoms with Crippen molar-refractivity contribution < 1.29 is 35.2 Å². The molecule has 0 radical (unpaired) electrons. The standard InChI is InChI=1S/C25H28ClF5N4O3S/c1-32(13-16-3-5-19(21(27)11-16)25(29,30)31)23-15-34(14-18(23)17-4-6-20(26)22(28)12-17)24(36)33-7-9-35(10-8-33)39(2,37)38/h3-6,11-12,18,23H,7-10,13-15H2,1-2H3/t18-,23-/m1/s1. The summed E-state index contributed by atoms with van der Waals surface area (Å²) in [5.41, 5.74) is -0.452. The van der Waals surface area contributed by atoms with Crippen LogP contribution in [0, 0.1) is 11.6 Å². The number of amides is 2. The largest absolute Gasteiger partial charge is 0.419 e. The number of nitrogens with zero attached hydrogens (tertiary/aromatic N) is 4. The number of likely N-dealkylation sites (N-methyl/N-ethyl adjacent to an activating group) is 1. The van der Waals surface area contributed by atoms with E-state index in [1.54, 1.807) is 27.8 Å². The second kappa shape index (κ2) is 11.2. The van der Waals surface area contributed by atoms with E-state index in [2.05, 4.69) is 0 Å². The van der Waals surface area contributed by atoms with Gasteiger partial charge in [0.1, 0.15) is 11.6 Å². The SMILES string of the molecule is CN(Cc1ccc(C(F)(F)F)c(F)c1)[C@@H]1CN(C(=O)N2CCN(S(C)(=O)=O)CC2)C[C@@H]1c1ccc(Cl)c(F)c1. The number of carbonyl (C=O) groups excluding carboxylic acids is 1. The minimum atomic E-state index is -4.81. The van der Waals surface area contributed by atoms with Crippen molar-refractivity contribution in [2.45, 2.75) is 24.7 Å². The van der Waals surface area contributed by atoms with Crippen molar-refractivity contribution in [3.63, 3.8) is 0 Å². The summed E-state index contributed by atoms with van der Waals surface area (Å²) in [7, 11) is -1.66. The Labute approximate surface area is 228 Å². The molecular weight excluding hydrogens is 567 g/mol. The van der Waals surface area contributed by atoms with E-state index in [0.717, 1.165) is 12.3 Å². The molecule has 2 atom stereocenters. The molecule has 2 aliphatic heterocycles. The molecule has 7 nitrogen and oxygen atoms in total. The Balaban J connectivity index is 1.54. The molecule has 4 rings (SSSR count). The smallest absolute Gasteiger partial charge is 0.322 e. The monoisotopic (exact) mass is 594 g/mol. The normalized spacial score (nSPS) is 21.2. The van der Waals surface area contributed by atoms with Crippen LogP contribution in [0.3, 0.4) is 0 Å². The first-order valence-electron chi connectivity index (χ1n) is 12.1. The first-order chi connectivity index (χ1) is 18.1. The fourth-order valence-corrected chi connectivity index (χ4v) is 6.11. The molecule has 2 heterocycles. The quantitative estimate of drug-likeness (QED) is 0.486. The van der Waals surface area contributed by atoms with Gasteiger partial charge in [-0.05, 0) is 42.4 Å². The third-order valence-electron chi connectivity index (χ3n) is 7.25. The number of hydrogen-bond donors (Lipinski definition) is 0. The number of likely N-dealkylation sites (tertiary alicyclic amines) is 1. The van der Waals surface area contributed by atoms with Gasteiger partial charge in [-0.15, -0.1) is 0 Å². The highest BCUT2D eigenvalue weighted by molar-refractivity contribution is 7.88. The Kier molecular flexibility index (Phi) is 8.46. The summed E-state index contributed by atoms with van der Waals surface area (Å²) in [6.07, 6.45) is -3.69. The number of sulfonamides is 1. The highest BCUT2D eigenvalue weighted by atomic mass is 35.5. The number of piperazine rings is 1. The summed E-state index contributed by atoms with van der Waals surface area (Å²) in [4.78, 5) is 18.3. The Bertz CT molecular complexity index is 1340. The summed E-state index contributed by atoms with van der Waals surface area (Å²) in [5, 5.41) is -0.0569. The van der Waals surface area contributed by atoms with Crippen molar-refractivity contribution in [3.8, 4) is 0 Å². The number of rotatable bonds is 5. The number of benzene rings is 2. The summed E-state index contributed by atoms with van der Waals surface area (Å²) in [5.74, 6) is -2.37. The molecule has 0 aliphatic carbocycles. The molecule has 39 heavy (non-hydrogen) atoms. The van der Waals surface area contributed by atoms with Gasteiger partial charge in [0.25, 0.3) is 0 Å². The van der Waals surface area contributed by atoms with Gasteiger partial charge in [-0.1, -0.05) is 23.7 Å². The van der Waals surface area contributed by atoms with Gasteiger partial charge in [-0.3, -0.25) is 4.90 Å². The van der Waals surface area contributed by atoms with Crippen LogP contribution in [0.5, 0.6) is 0 Å². The van der Waals surface area contributed by atoms with E-state index in [1.807, 2.05) is 0 Å². The molecule has 0 spiro atoms. The van der Waals surface area contributed by atoms with Crippen molar-refractivity contribution in [3.05, 3.63) is 69.7 Å². The topological polar surface area (TPSA) is 64.2 Å². The molecule has 0 aromatic heterocycles. The number of urea groups is 1. The lowest BCUT2D eigenvalue weighted by Gasteiger charge is -2.35. The van der Waals surface area contributed by atoms with Crippen LogP contribution >= 0.6 is 11.6 Å².